The summed E-state index contributed by atoms with van der Waals surface area (Å²) >= 11 is 0. The maximum Gasteiger partial charge on any atom is 0.321 e. The number of amides is 2. The van der Waals surface area contributed by atoms with Crippen LogP contribution in [0.1, 0.15) is 56.9 Å². The molecule has 1 aromatic rings. The number of likely N-dealkylation sites (tertiary alicyclic amines) is 1. The summed E-state index contributed by atoms with van der Waals surface area (Å²) in [5.41, 5.74) is 1.96. The van der Waals surface area contributed by atoms with Gasteiger partial charge < -0.3 is 20.9 Å². The van der Waals surface area contributed by atoms with Crippen LogP contribution in [0.25, 0.3) is 0 Å². The minimum atomic E-state index is 0. The summed E-state index contributed by atoms with van der Waals surface area (Å²) in [5, 5.41) is 9.78. The number of hydrogen-bond acceptors (Lipinski definition) is 2. The maximum absolute atomic E-state index is 12.3. The van der Waals surface area contributed by atoms with E-state index < -0.39 is 0 Å². The molecule has 1 aliphatic carbocycles. The predicted octanol–water partition coefficient (Wildman–Crippen LogP) is 4.57. The van der Waals surface area contributed by atoms with Crippen LogP contribution in [0.15, 0.2) is 29.3 Å². The fraction of sp³-hybridized carbons (Fsp3) is 0.636. The fourth-order valence-corrected chi connectivity index (χ4v) is 4.18. The van der Waals surface area contributed by atoms with Crippen LogP contribution in [0.5, 0.6) is 0 Å². The van der Waals surface area contributed by atoms with Crippen molar-refractivity contribution < 1.29 is 4.79 Å². The van der Waals surface area contributed by atoms with Crippen LogP contribution >= 0.6 is 24.0 Å². The molecule has 29 heavy (non-hydrogen) atoms. The third-order valence-electron chi connectivity index (χ3n) is 5.81. The van der Waals surface area contributed by atoms with E-state index in [4.69, 9.17) is 0 Å². The van der Waals surface area contributed by atoms with E-state index in [1.54, 1.807) is 7.05 Å². The normalized spacial score (nSPS) is 17.1. The summed E-state index contributed by atoms with van der Waals surface area (Å²) in [5.74, 6) is 1.77. The molecule has 7 heteroatoms. The van der Waals surface area contributed by atoms with Crippen molar-refractivity contribution in [1.82, 2.24) is 15.5 Å². The lowest BCUT2D eigenvalue weighted by atomic mass is 10.0. The van der Waals surface area contributed by atoms with Gasteiger partial charge in [-0.05, 0) is 49.3 Å². The Bertz CT molecular complexity index is 654. The van der Waals surface area contributed by atoms with E-state index in [1.165, 1.54) is 38.5 Å². The second-order valence-electron chi connectivity index (χ2n) is 7.97. The van der Waals surface area contributed by atoms with Crippen LogP contribution in [-0.4, -0.2) is 43.6 Å². The molecule has 3 rings (SSSR count). The summed E-state index contributed by atoms with van der Waals surface area (Å²) < 4.78 is 0. The second kappa shape index (κ2) is 12.9. The summed E-state index contributed by atoms with van der Waals surface area (Å²) in [6.45, 7) is 3.35. The molecular formula is C22H36IN5O. The van der Waals surface area contributed by atoms with Gasteiger partial charge in [-0.25, -0.2) is 4.79 Å². The van der Waals surface area contributed by atoms with Gasteiger partial charge in [0.05, 0.1) is 0 Å². The van der Waals surface area contributed by atoms with Crippen LogP contribution in [0, 0.1) is 5.92 Å². The molecule has 162 valence electrons. The first-order chi connectivity index (χ1) is 13.7. The quantitative estimate of drug-likeness (QED) is 0.217. The number of halogens is 1. The Morgan fingerprint density at radius 2 is 1.90 bits per heavy atom. The number of urea groups is 1. The van der Waals surface area contributed by atoms with Gasteiger partial charge in [0.1, 0.15) is 0 Å². The molecule has 0 atom stereocenters. The zero-order valence-corrected chi connectivity index (χ0v) is 19.9. The Hall–Kier alpha value is -1.51. The minimum Gasteiger partial charge on any atom is -0.356 e. The number of nitrogens with zero attached hydrogens (tertiary/aromatic N) is 2. The van der Waals surface area contributed by atoms with Crippen molar-refractivity contribution in [3.63, 3.8) is 0 Å². The van der Waals surface area contributed by atoms with E-state index in [-0.39, 0.29) is 30.0 Å². The van der Waals surface area contributed by atoms with Crippen molar-refractivity contribution in [2.24, 2.45) is 10.9 Å². The summed E-state index contributed by atoms with van der Waals surface area (Å²) in [4.78, 5) is 18.4. The Kier molecular flexibility index (Phi) is 10.6. The number of hydrogen-bond donors (Lipinski definition) is 3. The van der Waals surface area contributed by atoms with E-state index in [9.17, 15) is 4.79 Å². The zero-order valence-electron chi connectivity index (χ0n) is 17.6. The maximum atomic E-state index is 12.3. The number of rotatable bonds is 7. The summed E-state index contributed by atoms with van der Waals surface area (Å²) in [6, 6.07) is 8.00. The lowest BCUT2D eigenvalue weighted by Gasteiger charge is -2.17. The van der Waals surface area contributed by atoms with Crippen LogP contribution in [0.2, 0.25) is 0 Å². The lowest BCUT2D eigenvalue weighted by Crippen LogP contribution is -2.37. The molecule has 0 bridgehead atoms. The molecular weight excluding hydrogens is 477 g/mol. The van der Waals surface area contributed by atoms with Crippen molar-refractivity contribution in [1.29, 1.82) is 0 Å². The van der Waals surface area contributed by atoms with Gasteiger partial charge >= 0.3 is 6.03 Å². The first-order valence-electron chi connectivity index (χ1n) is 10.8. The van der Waals surface area contributed by atoms with Gasteiger partial charge in [-0.15, -0.1) is 24.0 Å². The number of anilines is 1. The van der Waals surface area contributed by atoms with Gasteiger partial charge in [-0.1, -0.05) is 37.8 Å². The number of carbonyl (C=O) groups excluding carboxylic acids is 1. The van der Waals surface area contributed by atoms with Gasteiger partial charge in [0.2, 0.25) is 0 Å². The molecule has 0 unspecified atom stereocenters. The van der Waals surface area contributed by atoms with E-state index >= 15 is 0 Å². The molecule has 0 radical (unpaired) electrons. The predicted molar refractivity (Wildman–Crippen MR) is 131 cm³/mol. The number of aliphatic imine (C=N–C) groups is 1. The first kappa shape index (κ1) is 23.8. The Labute approximate surface area is 192 Å². The van der Waals surface area contributed by atoms with Crippen LogP contribution in [-0.2, 0) is 6.54 Å². The van der Waals surface area contributed by atoms with Gasteiger partial charge in [0.25, 0.3) is 0 Å². The van der Waals surface area contributed by atoms with Gasteiger partial charge in [-0.2, -0.15) is 0 Å². The number of carbonyl (C=O) groups is 1. The molecule has 2 aliphatic rings. The van der Waals surface area contributed by atoms with Crippen molar-refractivity contribution in [2.45, 2.75) is 57.9 Å². The molecule has 1 aromatic carbocycles. The van der Waals surface area contributed by atoms with E-state index in [1.807, 2.05) is 23.1 Å². The highest BCUT2D eigenvalue weighted by molar-refractivity contribution is 14.0. The summed E-state index contributed by atoms with van der Waals surface area (Å²) in [6.07, 6.45) is 10.4. The Balaban J connectivity index is 0.00000300. The minimum absolute atomic E-state index is 0. The van der Waals surface area contributed by atoms with Gasteiger partial charge in [-0.3, -0.25) is 4.99 Å². The average molecular weight is 513 g/mol. The monoisotopic (exact) mass is 513 g/mol. The Morgan fingerprint density at radius 3 is 2.62 bits per heavy atom. The van der Waals surface area contributed by atoms with E-state index in [2.05, 4.69) is 27.0 Å². The molecule has 0 spiro atoms. The number of guanidine groups is 1. The molecule has 6 nitrogen and oxygen atoms in total. The third-order valence-corrected chi connectivity index (χ3v) is 5.81. The zero-order chi connectivity index (χ0) is 19.6. The molecule has 2 fully saturated rings. The first-order valence-corrected chi connectivity index (χ1v) is 10.8. The Morgan fingerprint density at radius 1 is 1.14 bits per heavy atom. The smallest absolute Gasteiger partial charge is 0.321 e. The topological polar surface area (TPSA) is 68.8 Å². The average Bonchev–Trinajstić information content (AvgIpc) is 3.42. The highest BCUT2D eigenvalue weighted by Gasteiger charge is 2.17. The summed E-state index contributed by atoms with van der Waals surface area (Å²) in [7, 11) is 1.80. The molecule has 1 heterocycles. The second-order valence-corrected chi connectivity index (χ2v) is 7.97. The van der Waals surface area contributed by atoms with E-state index in [0.29, 0.717) is 6.54 Å². The van der Waals surface area contributed by atoms with Gasteiger partial charge in [0.15, 0.2) is 5.96 Å². The SMILES string of the molecule is CN=C(NCCCC1CCCC1)NCc1cccc(NC(=O)N2CCCC2)c1.I. The van der Waals surface area contributed by atoms with Crippen LogP contribution in [0.3, 0.4) is 0 Å². The highest BCUT2D eigenvalue weighted by Crippen LogP contribution is 2.28. The lowest BCUT2D eigenvalue weighted by molar-refractivity contribution is 0.222. The number of nitrogens with one attached hydrogen (secondary N) is 3. The highest BCUT2D eigenvalue weighted by atomic mass is 127. The molecule has 1 saturated carbocycles. The van der Waals surface area contributed by atoms with Crippen molar-refractivity contribution in [3.8, 4) is 0 Å². The molecule has 1 aliphatic heterocycles. The van der Waals surface area contributed by atoms with Crippen molar-refractivity contribution in [3.05, 3.63) is 29.8 Å². The van der Waals surface area contributed by atoms with E-state index in [0.717, 1.165) is 55.6 Å². The number of benzene rings is 1. The fourth-order valence-electron chi connectivity index (χ4n) is 4.18. The largest absolute Gasteiger partial charge is 0.356 e. The third kappa shape index (κ3) is 8.03. The standard InChI is InChI=1S/C22H35N5O.HI/c1-23-21(24-13-7-11-18-8-2-3-9-18)25-17-19-10-6-12-20(16-19)26-22(28)27-14-4-5-15-27;/h6,10,12,16,18H,2-5,7-9,11,13-15,17H2,1H3,(H,26,28)(H2,23,24,25);1H. The van der Waals surface area contributed by atoms with Crippen molar-refractivity contribution >= 4 is 41.7 Å². The molecule has 3 N–H and O–H groups in total. The van der Waals surface area contributed by atoms with Crippen LogP contribution < -0.4 is 16.0 Å². The van der Waals surface area contributed by atoms with Gasteiger partial charge in [0, 0.05) is 38.9 Å². The molecule has 2 amide bonds. The molecule has 1 saturated heterocycles. The van der Waals surface area contributed by atoms with Crippen molar-refractivity contribution in [2.75, 3.05) is 32.0 Å². The molecule has 0 aromatic heterocycles. The van der Waals surface area contributed by atoms with Crippen LogP contribution in [0.4, 0.5) is 10.5 Å².